The fraction of sp³-hybridized carbons (Fsp3) is 0.706. The van der Waals surface area contributed by atoms with Crippen molar-refractivity contribution in [1.82, 2.24) is 15.5 Å². The number of anilines is 1. The Bertz CT molecular complexity index is 570. The highest BCUT2D eigenvalue weighted by Crippen LogP contribution is 2.38. The van der Waals surface area contributed by atoms with Crippen LogP contribution in [0, 0.1) is 18.8 Å². The molecule has 0 spiro atoms. The lowest BCUT2D eigenvalue weighted by atomic mass is 9.92. The van der Waals surface area contributed by atoms with E-state index in [0.29, 0.717) is 11.8 Å². The van der Waals surface area contributed by atoms with Crippen LogP contribution in [-0.4, -0.2) is 41.0 Å². The number of alkyl carbamates (subject to hydrolysis) is 1. The Morgan fingerprint density at radius 2 is 1.96 bits per heavy atom. The van der Waals surface area contributed by atoms with Crippen molar-refractivity contribution in [1.29, 1.82) is 0 Å². The molecule has 2 atom stereocenters. The molecule has 1 saturated heterocycles. The summed E-state index contributed by atoms with van der Waals surface area (Å²) in [6.45, 7) is 9.53. The molecule has 1 saturated carbocycles. The van der Waals surface area contributed by atoms with Crippen molar-refractivity contribution in [3.63, 3.8) is 0 Å². The van der Waals surface area contributed by atoms with Crippen LogP contribution in [0.25, 0.3) is 0 Å². The Labute approximate surface area is 137 Å². The van der Waals surface area contributed by atoms with Gasteiger partial charge in [-0.1, -0.05) is 0 Å². The molecule has 2 bridgehead atoms. The fourth-order valence-electron chi connectivity index (χ4n) is 3.74. The van der Waals surface area contributed by atoms with Crippen molar-refractivity contribution >= 4 is 11.8 Å². The highest BCUT2D eigenvalue weighted by atomic mass is 16.6. The lowest BCUT2D eigenvalue weighted by Crippen LogP contribution is -2.53. The Morgan fingerprint density at radius 1 is 1.30 bits per heavy atom. The molecule has 2 heterocycles. The third kappa shape index (κ3) is 3.74. The van der Waals surface area contributed by atoms with Gasteiger partial charge in [-0.2, -0.15) is 10.2 Å². The highest BCUT2D eigenvalue weighted by Gasteiger charge is 2.43. The van der Waals surface area contributed by atoms with Crippen LogP contribution in [0.15, 0.2) is 12.3 Å². The number of fused-ring (bicyclic) bond motifs is 2. The number of carbonyl (C=O) groups excluding carboxylic acids is 1. The second-order valence-electron chi connectivity index (χ2n) is 7.73. The molecule has 3 rings (SSSR count). The first-order valence-corrected chi connectivity index (χ1v) is 8.35. The first-order chi connectivity index (χ1) is 10.8. The Hall–Kier alpha value is -1.85. The smallest absolute Gasteiger partial charge is 0.407 e. The number of hydrogen-bond donors (Lipinski definition) is 1. The maximum Gasteiger partial charge on any atom is 0.407 e. The predicted molar refractivity (Wildman–Crippen MR) is 88.4 cm³/mol. The summed E-state index contributed by atoms with van der Waals surface area (Å²) in [6, 6.07) is 2.30. The van der Waals surface area contributed by atoms with Crippen molar-refractivity contribution in [2.24, 2.45) is 11.8 Å². The normalized spacial score (nSPS) is 27.0. The number of aryl methyl sites for hydroxylation is 1. The van der Waals surface area contributed by atoms with Gasteiger partial charge in [0.05, 0.1) is 17.6 Å². The van der Waals surface area contributed by atoms with Crippen LogP contribution in [0.3, 0.4) is 0 Å². The second-order valence-corrected chi connectivity index (χ2v) is 7.73. The molecule has 0 radical (unpaired) electrons. The van der Waals surface area contributed by atoms with E-state index in [0.717, 1.165) is 37.3 Å². The molecule has 2 aliphatic rings. The summed E-state index contributed by atoms with van der Waals surface area (Å²) >= 11 is 0. The molecule has 2 fully saturated rings. The zero-order valence-corrected chi connectivity index (χ0v) is 14.4. The van der Waals surface area contributed by atoms with Crippen LogP contribution < -0.4 is 10.2 Å². The molecule has 1 aromatic rings. The lowest BCUT2D eigenvalue weighted by molar-refractivity contribution is 0.0472. The molecule has 1 aromatic heterocycles. The highest BCUT2D eigenvalue weighted by molar-refractivity contribution is 5.68. The van der Waals surface area contributed by atoms with Crippen LogP contribution in [-0.2, 0) is 4.74 Å². The van der Waals surface area contributed by atoms with Crippen LogP contribution in [0.4, 0.5) is 10.5 Å². The van der Waals surface area contributed by atoms with Crippen molar-refractivity contribution in [2.75, 3.05) is 18.0 Å². The number of piperidine rings is 1. The summed E-state index contributed by atoms with van der Waals surface area (Å²) in [4.78, 5) is 14.4. The van der Waals surface area contributed by atoms with Gasteiger partial charge in [-0.25, -0.2) is 4.79 Å². The van der Waals surface area contributed by atoms with E-state index in [1.165, 1.54) is 0 Å². The van der Waals surface area contributed by atoms with Gasteiger partial charge in [0.1, 0.15) is 5.60 Å². The molecular weight excluding hydrogens is 292 g/mol. The molecule has 1 aliphatic heterocycles. The van der Waals surface area contributed by atoms with Crippen molar-refractivity contribution in [2.45, 2.75) is 52.2 Å². The molecule has 126 valence electrons. The van der Waals surface area contributed by atoms with Gasteiger partial charge in [0.15, 0.2) is 0 Å². The third-order valence-corrected chi connectivity index (χ3v) is 4.64. The van der Waals surface area contributed by atoms with Gasteiger partial charge in [-0.15, -0.1) is 0 Å². The minimum absolute atomic E-state index is 0.219. The number of nitrogens with zero attached hydrogens (tertiary/aromatic N) is 3. The standard InChI is InChI=1S/C17H26N4O2/c1-11-7-14(8-18-20-11)21-9-12-5-6-13(10-21)15(12)19-16(22)23-17(2,3)4/h7-8,12-13,15H,5-6,9-10H2,1-4H3,(H,19,22). The van der Waals surface area contributed by atoms with E-state index >= 15 is 0 Å². The van der Waals surface area contributed by atoms with E-state index in [2.05, 4.69) is 26.5 Å². The van der Waals surface area contributed by atoms with Gasteiger partial charge in [0.25, 0.3) is 0 Å². The number of ether oxygens (including phenoxy) is 1. The Morgan fingerprint density at radius 3 is 2.52 bits per heavy atom. The summed E-state index contributed by atoms with van der Waals surface area (Å²) in [5.74, 6) is 0.935. The number of rotatable bonds is 2. The summed E-state index contributed by atoms with van der Waals surface area (Å²) in [5, 5.41) is 11.2. The summed E-state index contributed by atoms with van der Waals surface area (Å²) < 4.78 is 5.41. The van der Waals surface area contributed by atoms with Gasteiger partial charge < -0.3 is 15.0 Å². The quantitative estimate of drug-likeness (QED) is 0.907. The second kappa shape index (κ2) is 5.98. The number of nitrogens with one attached hydrogen (secondary N) is 1. The largest absolute Gasteiger partial charge is 0.444 e. The van der Waals surface area contributed by atoms with Crippen molar-refractivity contribution < 1.29 is 9.53 Å². The van der Waals surface area contributed by atoms with E-state index < -0.39 is 5.60 Å². The molecule has 1 amide bonds. The zero-order chi connectivity index (χ0) is 16.6. The first-order valence-electron chi connectivity index (χ1n) is 8.35. The van der Waals surface area contributed by atoms with Gasteiger partial charge in [0.2, 0.25) is 0 Å². The summed E-state index contributed by atoms with van der Waals surface area (Å²) in [5.41, 5.74) is 1.61. The van der Waals surface area contributed by atoms with Gasteiger partial charge >= 0.3 is 6.09 Å². The van der Waals surface area contributed by atoms with E-state index in [4.69, 9.17) is 4.74 Å². The maximum atomic E-state index is 12.1. The van der Waals surface area contributed by atoms with Crippen molar-refractivity contribution in [3.8, 4) is 0 Å². The number of aromatic nitrogens is 2. The topological polar surface area (TPSA) is 67.4 Å². The molecule has 6 heteroatoms. The maximum absolute atomic E-state index is 12.1. The monoisotopic (exact) mass is 318 g/mol. The minimum atomic E-state index is -0.454. The molecule has 1 N–H and O–H groups in total. The average Bonchev–Trinajstić information content (AvgIpc) is 2.68. The third-order valence-electron chi connectivity index (χ3n) is 4.64. The Balaban J connectivity index is 1.64. The van der Waals surface area contributed by atoms with E-state index in [1.807, 2.05) is 33.9 Å². The minimum Gasteiger partial charge on any atom is -0.444 e. The number of carbonyl (C=O) groups is 1. The van der Waals surface area contributed by atoms with E-state index in [-0.39, 0.29) is 12.1 Å². The number of amides is 1. The van der Waals surface area contributed by atoms with Gasteiger partial charge in [-0.05, 0) is 58.4 Å². The van der Waals surface area contributed by atoms with Gasteiger partial charge in [-0.3, -0.25) is 0 Å². The van der Waals surface area contributed by atoms with Crippen LogP contribution >= 0.6 is 0 Å². The molecular formula is C17H26N4O2. The molecule has 1 aliphatic carbocycles. The van der Waals surface area contributed by atoms with E-state index in [9.17, 15) is 4.79 Å². The summed E-state index contributed by atoms with van der Waals surface area (Å²) in [7, 11) is 0. The lowest BCUT2D eigenvalue weighted by Gasteiger charge is -2.39. The SMILES string of the molecule is Cc1cc(N2CC3CCC(C2)C3NC(=O)OC(C)(C)C)cnn1. The van der Waals surface area contributed by atoms with Crippen LogP contribution in [0.1, 0.15) is 39.3 Å². The molecule has 23 heavy (non-hydrogen) atoms. The van der Waals surface area contributed by atoms with Crippen LogP contribution in [0.5, 0.6) is 0 Å². The van der Waals surface area contributed by atoms with Crippen molar-refractivity contribution in [3.05, 3.63) is 18.0 Å². The zero-order valence-electron chi connectivity index (χ0n) is 14.4. The fourth-order valence-corrected chi connectivity index (χ4v) is 3.74. The predicted octanol–water partition coefficient (Wildman–Crippen LogP) is 2.52. The van der Waals surface area contributed by atoms with Crippen LogP contribution in [0.2, 0.25) is 0 Å². The summed E-state index contributed by atoms with van der Waals surface area (Å²) in [6.07, 6.45) is 3.83. The number of hydrogen-bond acceptors (Lipinski definition) is 5. The first kappa shape index (κ1) is 16.0. The molecule has 0 aromatic carbocycles. The molecule has 6 nitrogen and oxygen atoms in total. The van der Waals surface area contributed by atoms with E-state index in [1.54, 1.807) is 0 Å². The molecule has 2 unspecified atom stereocenters. The Kier molecular flexibility index (Phi) is 4.17. The van der Waals surface area contributed by atoms with Gasteiger partial charge in [0, 0.05) is 19.1 Å². The average molecular weight is 318 g/mol.